The second kappa shape index (κ2) is 6.10. The molecule has 0 saturated carbocycles. The number of fused-ring (bicyclic) bond motifs is 1. The summed E-state index contributed by atoms with van der Waals surface area (Å²) < 4.78 is 5.97. The molecule has 6 heteroatoms. The van der Waals surface area contributed by atoms with Gasteiger partial charge in [-0.2, -0.15) is 0 Å². The Morgan fingerprint density at radius 2 is 2.14 bits per heavy atom. The number of cyclic esters (lactones) is 1. The number of carbonyl (C=O) groups excluding carboxylic acids is 2. The lowest BCUT2D eigenvalue weighted by Gasteiger charge is -2.27. The molecule has 0 N–H and O–H groups in total. The monoisotopic (exact) mass is 335 g/mol. The van der Waals surface area contributed by atoms with Gasteiger partial charge in [0.1, 0.15) is 0 Å². The van der Waals surface area contributed by atoms with Crippen LogP contribution in [0.3, 0.4) is 0 Å². The van der Waals surface area contributed by atoms with E-state index in [-0.39, 0.29) is 5.91 Å². The molecule has 0 spiro atoms. The van der Waals surface area contributed by atoms with Gasteiger partial charge in [0, 0.05) is 18.3 Å². The summed E-state index contributed by atoms with van der Waals surface area (Å²) in [6.45, 7) is 0.450. The van der Waals surface area contributed by atoms with Gasteiger partial charge >= 0.3 is 5.97 Å². The molecule has 114 valence electrons. The summed E-state index contributed by atoms with van der Waals surface area (Å²) in [6.07, 6.45) is -0.348. The van der Waals surface area contributed by atoms with Crippen molar-refractivity contribution in [3.8, 4) is 0 Å². The minimum absolute atomic E-state index is 0.202. The van der Waals surface area contributed by atoms with Crippen molar-refractivity contribution in [1.29, 1.82) is 0 Å². The third-order valence-corrected chi connectivity index (χ3v) is 4.78. The van der Waals surface area contributed by atoms with Gasteiger partial charge in [-0.25, -0.2) is 4.79 Å². The van der Waals surface area contributed by atoms with Crippen molar-refractivity contribution >= 4 is 34.8 Å². The van der Waals surface area contributed by atoms with E-state index in [0.717, 1.165) is 10.4 Å². The number of hydrogen-bond donors (Lipinski definition) is 0. The quantitative estimate of drug-likeness (QED) is 0.809. The lowest BCUT2D eigenvalue weighted by molar-refractivity contribution is -0.140. The molecule has 1 aromatic heterocycles. The van der Waals surface area contributed by atoms with E-state index < -0.39 is 12.1 Å². The van der Waals surface area contributed by atoms with Crippen LogP contribution in [0.4, 0.5) is 0 Å². The molecule has 1 amide bonds. The number of hydrogen-bond acceptors (Lipinski definition) is 4. The summed E-state index contributed by atoms with van der Waals surface area (Å²) in [7, 11) is 1.70. The van der Waals surface area contributed by atoms with E-state index in [2.05, 4.69) is 0 Å². The number of amides is 1. The highest BCUT2D eigenvalue weighted by atomic mass is 35.5. The van der Waals surface area contributed by atoms with E-state index in [1.54, 1.807) is 30.1 Å². The molecule has 1 unspecified atom stereocenters. The first-order chi connectivity index (χ1) is 10.5. The average molecular weight is 336 g/mol. The van der Waals surface area contributed by atoms with Crippen LogP contribution in [0, 0.1) is 0 Å². The van der Waals surface area contributed by atoms with E-state index in [9.17, 15) is 9.59 Å². The number of ether oxygens (including phenoxy) is 1. The van der Waals surface area contributed by atoms with Crippen molar-refractivity contribution in [2.24, 2.45) is 0 Å². The van der Waals surface area contributed by atoms with Gasteiger partial charge in [-0.1, -0.05) is 29.8 Å². The van der Waals surface area contributed by atoms with E-state index >= 15 is 0 Å². The molecule has 0 aliphatic carbocycles. The summed E-state index contributed by atoms with van der Waals surface area (Å²) in [5, 5.41) is 0. The normalized spacial score (nSPS) is 16.8. The Bertz CT molecular complexity index is 728. The molecule has 2 aromatic rings. The molecule has 22 heavy (non-hydrogen) atoms. The zero-order chi connectivity index (χ0) is 15.7. The first-order valence-corrected chi connectivity index (χ1v) is 8.02. The number of likely N-dealkylation sites (N-methyl/N-ethyl adjacent to an activating group) is 1. The number of carbonyl (C=O) groups is 2. The Balaban J connectivity index is 1.72. The molecule has 1 atom stereocenters. The topological polar surface area (TPSA) is 46.6 Å². The number of halogens is 1. The van der Waals surface area contributed by atoms with Crippen molar-refractivity contribution in [3.63, 3.8) is 0 Å². The van der Waals surface area contributed by atoms with E-state index in [1.807, 2.05) is 18.2 Å². The lowest BCUT2D eigenvalue weighted by Crippen LogP contribution is -2.42. The minimum atomic E-state index is -0.761. The summed E-state index contributed by atoms with van der Waals surface area (Å²) in [5.74, 6) is -0.639. The van der Waals surface area contributed by atoms with Crippen molar-refractivity contribution in [2.75, 3.05) is 7.05 Å². The van der Waals surface area contributed by atoms with Crippen LogP contribution >= 0.6 is 22.9 Å². The fraction of sp³-hybridized carbons (Fsp3) is 0.250. The van der Waals surface area contributed by atoms with Crippen LogP contribution in [-0.2, 0) is 22.5 Å². The maximum Gasteiger partial charge on any atom is 0.339 e. The molecule has 4 nitrogen and oxygen atoms in total. The van der Waals surface area contributed by atoms with Crippen LogP contribution in [0.2, 0.25) is 4.34 Å². The lowest BCUT2D eigenvalue weighted by atomic mass is 9.98. The maximum atomic E-state index is 12.5. The molecule has 0 fully saturated rings. The standard InChI is InChI=1S/C16H14ClNO3S/c1-18(9-11-6-7-14(17)22-11)15(19)13-8-10-4-2-3-5-12(10)16(20)21-13/h2-7,13H,8-9H2,1H3. The minimum Gasteiger partial charge on any atom is -0.448 e. The van der Waals surface area contributed by atoms with Crippen molar-refractivity contribution in [3.05, 3.63) is 56.7 Å². The van der Waals surface area contributed by atoms with Gasteiger partial charge in [0.2, 0.25) is 0 Å². The predicted octanol–water partition coefficient (Wildman–Crippen LogP) is 3.14. The van der Waals surface area contributed by atoms with Gasteiger partial charge in [-0.05, 0) is 23.8 Å². The van der Waals surface area contributed by atoms with Crippen molar-refractivity contribution < 1.29 is 14.3 Å². The second-order valence-corrected chi connectivity index (χ2v) is 6.95. The van der Waals surface area contributed by atoms with Crippen LogP contribution in [-0.4, -0.2) is 29.9 Å². The van der Waals surface area contributed by atoms with Crippen LogP contribution in [0.15, 0.2) is 36.4 Å². The molecule has 0 radical (unpaired) electrons. The predicted molar refractivity (Wildman–Crippen MR) is 85.2 cm³/mol. The summed E-state index contributed by atoms with van der Waals surface area (Å²) in [5.41, 5.74) is 1.39. The third-order valence-electron chi connectivity index (χ3n) is 3.57. The molecule has 2 heterocycles. The largest absolute Gasteiger partial charge is 0.448 e. The number of nitrogens with zero attached hydrogens (tertiary/aromatic N) is 1. The zero-order valence-corrected chi connectivity index (χ0v) is 13.5. The first-order valence-electron chi connectivity index (χ1n) is 6.82. The highest BCUT2D eigenvalue weighted by Crippen LogP contribution is 2.24. The van der Waals surface area contributed by atoms with E-state index in [1.165, 1.54) is 11.3 Å². The van der Waals surface area contributed by atoms with Crippen molar-refractivity contribution in [2.45, 2.75) is 19.1 Å². The Morgan fingerprint density at radius 3 is 2.86 bits per heavy atom. The average Bonchev–Trinajstić information content (AvgIpc) is 2.91. The molecule has 1 aliphatic heterocycles. The molecular formula is C16H14ClNO3S. The Kier molecular flexibility index (Phi) is 4.18. The van der Waals surface area contributed by atoms with Gasteiger partial charge in [-0.3, -0.25) is 4.79 Å². The number of esters is 1. The Morgan fingerprint density at radius 1 is 1.36 bits per heavy atom. The molecule has 0 bridgehead atoms. The highest BCUT2D eigenvalue weighted by molar-refractivity contribution is 7.16. The highest BCUT2D eigenvalue weighted by Gasteiger charge is 2.32. The second-order valence-electron chi connectivity index (χ2n) is 5.16. The molecule has 0 saturated heterocycles. The zero-order valence-electron chi connectivity index (χ0n) is 11.9. The third kappa shape index (κ3) is 3.00. The van der Waals surface area contributed by atoms with Crippen LogP contribution in [0.1, 0.15) is 20.8 Å². The van der Waals surface area contributed by atoms with E-state index in [0.29, 0.717) is 22.9 Å². The molecule has 3 rings (SSSR count). The smallest absolute Gasteiger partial charge is 0.339 e. The SMILES string of the molecule is CN(Cc1ccc(Cl)s1)C(=O)C1Cc2ccccc2C(=O)O1. The van der Waals surface area contributed by atoms with Gasteiger partial charge in [0.15, 0.2) is 6.10 Å². The Labute approximate surface area is 137 Å². The van der Waals surface area contributed by atoms with Crippen LogP contribution in [0.25, 0.3) is 0 Å². The fourth-order valence-electron chi connectivity index (χ4n) is 2.46. The van der Waals surface area contributed by atoms with Crippen LogP contribution < -0.4 is 0 Å². The number of rotatable bonds is 3. The van der Waals surface area contributed by atoms with Crippen LogP contribution in [0.5, 0.6) is 0 Å². The first kappa shape index (κ1) is 15.1. The van der Waals surface area contributed by atoms with Crippen molar-refractivity contribution in [1.82, 2.24) is 4.90 Å². The fourth-order valence-corrected chi connectivity index (χ4v) is 3.60. The summed E-state index contributed by atoms with van der Waals surface area (Å²) in [4.78, 5) is 27.0. The van der Waals surface area contributed by atoms with Gasteiger partial charge in [-0.15, -0.1) is 11.3 Å². The van der Waals surface area contributed by atoms with Gasteiger partial charge in [0.05, 0.1) is 16.4 Å². The summed E-state index contributed by atoms with van der Waals surface area (Å²) >= 11 is 7.33. The van der Waals surface area contributed by atoms with E-state index in [4.69, 9.17) is 16.3 Å². The number of benzene rings is 1. The summed E-state index contributed by atoms with van der Waals surface area (Å²) in [6, 6.07) is 10.9. The maximum absolute atomic E-state index is 12.5. The van der Waals surface area contributed by atoms with Gasteiger partial charge in [0.25, 0.3) is 5.91 Å². The van der Waals surface area contributed by atoms with Gasteiger partial charge < -0.3 is 9.64 Å². The molecule has 1 aliphatic rings. The Hall–Kier alpha value is -1.85. The number of thiophene rings is 1. The molecular weight excluding hydrogens is 322 g/mol. The molecule has 1 aromatic carbocycles.